The van der Waals surface area contributed by atoms with Gasteiger partial charge < -0.3 is 9.47 Å². The molecule has 5 nitrogen and oxygen atoms in total. The van der Waals surface area contributed by atoms with Crippen molar-refractivity contribution in [3.05, 3.63) is 59.9 Å². The molecule has 0 unspecified atom stereocenters. The standard InChI is InChI=1S/C16H16O5/c1-3-20-16(19)15(21-12(2)17)11-7-10-14(18)13-8-5-4-6-9-13/h4-11H,3H2,1-2H3/b10-7+,15-11-. The van der Waals surface area contributed by atoms with Gasteiger partial charge in [-0.25, -0.2) is 4.79 Å². The number of hydrogen-bond acceptors (Lipinski definition) is 5. The second-order valence-corrected chi connectivity index (χ2v) is 3.93. The zero-order valence-electron chi connectivity index (χ0n) is 11.9. The van der Waals surface area contributed by atoms with E-state index in [2.05, 4.69) is 0 Å². The molecule has 0 heterocycles. The van der Waals surface area contributed by atoms with E-state index in [1.807, 2.05) is 0 Å². The maximum atomic E-state index is 11.8. The highest BCUT2D eigenvalue weighted by Crippen LogP contribution is 2.04. The number of carbonyl (C=O) groups excluding carboxylic acids is 3. The minimum atomic E-state index is -0.760. The molecular formula is C16H16O5. The van der Waals surface area contributed by atoms with Crippen LogP contribution in [0.1, 0.15) is 24.2 Å². The maximum Gasteiger partial charge on any atom is 0.374 e. The lowest BCUT2D eigenvalue weighted by Gasteiger charge is -2.04. The van der Waals surface area contributed by atoms with Crippen LogP contribution in [0.3, 0.4) is 0 Å². The fourth-order valence-electron chi connectivity index (χ4n) is 1.42. The van der Waals surface area contributed by atoms with Crippen LogP contribution in [-0.4, -0.2) is 24.3 Å². The van der Waals surface area contributed by atoms with Crippen molar-refractivity contribution in [2.75, 3.05) is 6.61 Å². The molecule has 0 atom stereocenters. The summed E-state index contributed by atoms with van der Waals surface area (Å²) in [6, 6.07) is 8.66. The van der Waals surface area contributed by atoms with Gasteiger partial charge in [0.25, 0.3) is 0 Å². The predicted molar refractivity (Wildman–Crippen MR) is 76.4 cm³/mol. The Morgan fingerprint density at radius 1 is 1.14 bits per heavy atom. The van der Waals surface area contributed by atoms with Crippen molar-refractivity contribution in [2.45, 2.75) is 13.8 Å². The van der Waals surface area contributed by atoms with Gasteiger partial charge in [0.2, 0.25) is 5.76 Å². The van der Waals surface area contributed by atoms with E-state index in [1.165, 1.54) is 25.2 Å². The SMILES string of the molecule is CCOC(=O)/C(=C/C=C/C(=O)c1ccccc1)OC(C)=O. The Kier molecular flexibility index (Phi) is 6.60. The zero-order chi connectivity index (χ0) is 15.7. The quantitative estimate of drug-likeness (QED) is 0.264. The van der Waals surface area contributed by atoms with Gasteiger partial charge in [-0.2, -0.15) is 0 Å². The van der Waals surface area contributed by atoms with Crippen LogP contribution in [0.5, 0.6) is 0 Å². The number of allylic oxidation sites excluding steroid dienone is 3. The second-order valence-electron chi connectivity index (χ2n) is 3.93. The van der Waals surface area contributed by atoms with E-state index in [0.717, 1.165) is 0 Å². The van der Waals surface area contributed by atoms with E-state index in [9.17, 15) is 14.4 Å². The van der Waals surface area contributed by atoms with E-state index in [4.69, 9.17) is 9.47 Å². The highest BCUT2D eigenvalue weighted by Gasteiger charge is 2.13. The zero-order valence-corrected chi connectivity index (χ0v) is 11.9. The molecule has 0 spiro atoms. The van der Waals surface area contributed by atoms with Gasteiger partial charge in [-0.05, 0) is 19.1 Å². The first-order valence-corrected chi connectivity index (χ1v) is 6.38. The fraction of sp³-hybridized carbons (Fsp3) is 0.188. The lowest BCUT2D eigenvalue weighted by atomic mass is 10.1. The van der Waals surface area contributed by atoms with E-state index in [1.54, 1.807) is 37.3 Å². The van der Waals surface area contributed by atoms with Crippen molar-refractivity contribution in [1.29, 1.82) is 0 Å². The van der Waals surface area contributed by atoms with Gasteiger partial charge in [0.15, 0.2) is 5.78 Å². The molecule has 5 heteroatoms. The van der Waals surface area contributed by atoms with Crippen LogP contribution in [0.15, 0.2) is 54.3 Å². The van der Waals surface area contributed by atoms with Crippen molar-refractivity contribution in [1.82, 2.24) is 0 Å². The molecule has 0 bridgehead atoms. The van der Waals surface area contributed by atoms with Crippen molar-refractivity contribution >= 4 is 17.7 Å². The van der Waals surface area contributed by atoms with Crippen LogP contribution in [0.4, 0.5) is 0 Å². The fourth-order valence-corrected chi connectivity index (χ4v) is 1.42. The van der Waals surface area contributed by atoms with Crippen LogP contribution in [0.25, 0.3) is 0 Å². The summed E-state index contributed by atoms with van der Waals surface area (Å²) >= 11 is 0. The topological polar surface area (TPSA) is 69.7 Å². The van der Waals surface area contributed by atoms with Crippen LogP contribution < -0.4 is 0 Å². The van der Waals surface area contributed by atoms with Crippen LogP contribution in [-0.2, 0) is 19.1 Å². The number of carbonyl (C=O) groups is 3. The van der Waals surface area contributed by atoms with E-state index in [0.29, 0.717) is 5.56 Å². The second kappa shape index (κ2) is 8.47. The first kappa shape index (κ1) is 16.4. The molecule has 0 saturated carbocycles. The minimum Gasteiger partial charge on any atom is -0.460 e. The lowest BCUT2D eigenvalue weighted by Crippen LogP contribution is -2.12. The van der Waals surface area contributed by atoms with Crippen molar-refractivity contribution in [3.8, 4) is 0 Å². The average Bonchev–Trinajstić information content (AvgIpc) is 2.46. The van der Waals surface area contributed by atoms with E-state index >= 15 is 0 Å². The number of benzene rings is 1. The molecular weight excluding hydrogens is 272 g/mol. The summed E-state index contributed by atoms with van der Waals surface area (Å²) in [6.45, 7) is 2.97. The third-order valence-corrected chi connectivity index (χ3v) is 2.28. The number of ether oxygens (including phenoxy) is 2. The lowest BCUT2D eigenvalue weighted by molar-refractivity contribution is -0.150. The van der Waals surface area contributed by atoms with Gasteiger partial charge in [0.1, 0.15) is 0 Å². The summed E-state index contributed by atoms with van der Waals surface area (Å²) in [7, 11) is 0. The van der Waals surface area contributed by atoms with Gasteiger partial charge in [0.05, 0.1) is 6.61 Å². The van der Waals surface area contributed by atoms with Gasteiger partial charge >= 0.3 is 11.9 Å². The Bertz CT molecular complexity index is 570. The summed E-state index contributed by atoms with van der Waals surface area (Å²) in [5, 5.41) is 0. The van der Waals surface area contributed by atoms with Crippen LogP contribution >= 0.6 is 0 Å². The Morgan fingerprint density at radius 2 is 1.81 bits per heavy atom. The highest BCUT2D eigenvalue weighted by atomic mass is 16.6. The number of esters is 2. The van der Waals surface area contributed by atoms with Crippen LogP contribution in [0.2, 0.25) is 0 Å². The Labute approximate surface area is 122 Å². The Morgan fingerprint density at radius 3 is 2.38 bits per heavy atom. The molecule has 1 aromatic carbocycles. The molecule has 0 amide bonds. The molecule has 0 aromatic heterocycles. The monoisotopic (exact) mass is 288 g/mol. The molecule has 0 saturated heterocycles. The number of hydrogen-bond donors (Lipinski definition) is 0. The van der Waals surface area contributed by atoms with E-state index in [-0.39, 0.29) is 18.1 Å². The first-order valence-electron chi connectivity index (χ1n) is 6.38. The summed E-state index contributed by atoms with van der Waals surface area (Å²) in [5.41, 5.74) is 0.521. The molecule has 21 heavy (non-hydrogen) atoms. The average molecular weight is 288 g/mol. The van der Waals surface area contributed by atoms with Gasteiger partial charge in [0, 0.05) is 12.5 Å². The summed E-state index contributed by atoms with van der Waals surface area (Å²) in [4.78, 5) is 34.3. The molecule has 0 N–H and O–H groups in total. The van der Waals surface area contributed by atoms with Gasteiger partial charge in [-0.3, -0.25) is 9.59 Å². The minimum absolute atomic E-state index is 0.157. The summed E-state index contributed by atoms with van der Waals surface area (Å²) < 4.78 is 9.48. The number of ketones is 1. The third kappa shape index (κ3) is 5.86. The molecule has 0 aliphatic heterocycles. The number of rotatable bonds is 6. The molecule has 1 rings (SSSR count). The highest BCUT2D eigenvalue weighted by molar-refractivity contribution is 6.04. The smallest absolute Gasteiger partial charge is 0.374 e. The Hall–Kier alpha value is -2.69. The van der Waals surface area contributed by atoms with Gasteiger partial charge in [-0.15, -0.1) is 0 Å². The maximum absolute atomic E-state index is 11.8. The third-order valence-electron chi connectivity index (χ3n) is 2.28. The van der Waals surface area contributed by atoms with E-state index < -0.39 is 11.9 Å². The first-order chi connectivity index (χ1) is 10.0. The molecule has 0 radical (unpaired) electrons. The molecule has 110 valence electrons. The van der Waals surface area contributed by atoms with Crippen LogP contribution in [0, 0.1) is 0 Å². The summed E-state index contributed by atoms with van der Waals surface area (Å²) in [5.74, 6) is -1.89. The predicted octanol–water partition coefficient (Wildman–Crippen LogP) is 2.44. The molecule has 0 aliphatic rings. The summed E-state index contributed by atoms with van der Waals surface area (Å²) in [6.07, 6.45) is 3.84. The van der Waals surface area contributed by atoms with Crippen molar-refractivity contribution in [2.24, 2.45) is 0 Å². The van der Waals surface area contributed by atoms with Crippen molar-refractivity contribution in [3.63, 3.8) is 0 Å². The van der Waals surface area contributed by atoms with Gasteiger partial charge in [-0.1, -0.05) is 36.4 Å². The molecule has 0 fully saturated rings. The molecule has 0 aliphatic carbocycles. The normalized spacial score (nSPS) is 11.2. The Balaban J connectivity index is 2.81. The molecule has 1 aromatic rings. The van der Waals surface area contributed by atoms with Crippen molar-refractivity contribution < 1.29 is 23.9 Å². The largest absolute Gasteiger partial charge is 0.460 e.